The second kappa shape index (κ2) is 5.46. The Kier molecular flexibility index (Phi) is 3.73. The minimum Gasteiger partial charge on any atom is -0.484 e. The molecule has 1 aromatic heterocycles. The zero-order valence-electron chi connectivity index (χ0n) is 9.71. The second-order valence-corrected chi connectivity index (χ2v) is 4.30. The van der Waals surface area contributed by atoms with Crippen molar-refractivity contribution in [1.29, 1.82) is 0 Å². The van der Waals surface area contributed by atoms with E-state index in [1.165, 1.54) is 0 Å². The third-order valence-corrected chi connectivity index (χ3v) is 2.75. The average Bonchev–Trinajstić information content (AvgIpc) is 2.74. The second-order valence-electron chi connectivity index (χ2n) is 3.55. The maximum Gasteiger partial charge on any atom is 0.264 e. The number of ether oxygens (including phenoxy) is 1. The summed E-state index contributed by atoms with van der Waals surface area (Å²) in [7, 11) is 0. The molecule has 3 N–H and O–H groups in total. The Balaban J connectivity index is 1.83. The Hall–Kier alpha value is -2.15. The molecule has 2 rings (SSSR count). The summed E-state index contributed by atoms with van der Waals surface area (Å²) in [4.78, 5) is 15.6. The maximum atomic E-state index is 11.5. The molecule has 1 amide bonds. The molecule has 0 aliphatic rings. The van der Waals surface area contributed by atoms with Crippen molar-refractivity contribution < 1.29 is 9.53 Å². The molecule has 0 unspecified atom stereocenters. The first-order valence-corrected chi connectivity index (χ1v) is 5.99. The largest absolute Gasteiger partial charge is 0.484 e. The SMILES string of the molecule is Cc1nsc(NC(=O)COc2ccc(N)cc2)n1. The number of nitrogens with two attached hydrogens (primary N) is 1. The number of amides is 1. The number of aryl methyl sites for hydroxylation is 1. The summed E-state index contributed by atoms with van der Waals surface area (Å²) in [5, 5.41) is 3.07. The van der Waals surface area contributed by atoms with Gasteiger partial charge < -0.3 is 10.5 Å². The summed E-state index contributed by atoms with van der Waals surface area (Å²) >= 11 is 1.14. The molecule has 0 aliphatic carbocycles. The standard InChI is InChI=1S/C11H12N4O2S/c1-7-13-11(18-15-7)14-10(16)6-17-9-4-2-8(12)3-5-9/h2-5H,6,12H2,1H3,(H,13,14,15,16). The van der Waals surface area contributed by atoms with E-state index >= 15 is 0 Å². The van der Waals surface area contributed by atoms with Crippen molar-refractivity contribution in [1.82, 2.24) is 9.36 Å². The van der Waals surface area contributed by atoms with E-state index in [-0.39, 0.29) is 12.5 Å². The number of aromatic nitrogens is 2. The number of rotatable bonds is 4. The Morgan fingerprint density at radius 1 is 1.44 bits per heavy atom. The van der Waals surface area contributed by atoms with E-state index < -0.39 is 0 Å². The molecule has 6 nitrogen and oxygen atoms in total. The van der Waals surface area contributed by atoms with Crippen molar-refractivity contribution in [2.75, 3.05) is 17.7 Å². The van der Waals surface area contributed by atoms with Crippen LogP contribution in [0.3, 0.4) is 0 Å². The summed E-state index contributed by atoms with van der Waals surface area (Å²) in [6, 6.07) is 6.83. The Labute approximate surface area is 108 Å². The predicted molar refractivity (Wildman–Crippen MR) is 69.6 cm³/mol. The van der Waals surface area contributed by atoms with Gasteiger partial charge in [-0.05, 0) is 31.2 Å². The molecule has 0 saturated carbocycles. The van der Waals surface area contributed by atoms with Crippen LogP contribution in [-0.4, -0.2) is 21.9 Å². The van der Waals surface area contributed by atoms with Gasteiger partial charge in [-0.25, -0.2) is 4.98 Å². The fourth-order valence-corrected chi connectivity index (χ4v) is 1.81. The van der Waals surface area contributed by atoms with Crippen LogP contribution in [-0.2, 0) is 4.79 Å². The summed E-state index contributed by atoms with van der Waals surface area (Å²) in [6.07, 6.45) is 0. The van der Waals surface area contributed by atoms with Crippen molar-refractivity contribution >= 4 is 28.3 Å². The molecule has 0 spiro atoms. The zero-order chi connectivity index (χ0) is 13.0. The van der Waals surface area contributed by atoms with Crippen LogP contribution in [0.1, 0.15) is 5.82 Å². The minimum atomic E-state index is -0.275. The fourth-order valence-electron chi connectivity index (χ4n) is 1.22. The van der Waals surface area contributed by atoms with Crippen LogP contribution >= 0.6 is 11.5 Å². The number of hydrogen-bond donors (Lipinski definition) is 2. The molecule has 0 aliphatic heterocycles. The van der Waals surface area contributed by atoms with Crippen LogP contribution in [0, 0.1) is 6.92 Å². The summed E-state index contributed by atoms with van der Waals surface area (Å²) in [6.45, 7) is 1.68. The van der Waals surface area contributed by atoms with Gasteiger partial charge in [-0.1, -0.05) is 0 Å². The first-order valence-electron chi connectivity index (χ1n) is 5.22. The maximum absolute atomic E-state index is 11.5. The highest BCUT2D eigenvalue weighted by Gasteiger charge is 2.06. The smallest absolute Gasteiger partial charge is 0.264 e. The fraction of sp³-hybridized carbons (Fsp3) is 0.182. The van der Waals surface area contributed by atoms with Crippen molar-refractivity contribution in [2.24, 2.45) is 0 Å². The van der Waals surface area contributed by atoms with Crippen LogP contribution < -0.4 is 15.8 Å². The molecule has 1 heterocycles. The van der Waals surface area contributed by atoms with Gasteiger partial charge in [0.1, 0.15) is 11.6 Å². The number of nitrogens with zero attached hydrogens (tertiary/aromatic N) is 2. The molecule has 0 bridgehead atoms. The Morgan fingerprint density at radius 3 is 2.78 bits per heavy atom. The number of carbonyl (C=O) groups excluding carboxylic acids is 1. The van der Waals surface area contributed by atoms with Crippen LogP contribution in [0.25, 0.3) is 0 Å². The van der Waals surface area contributed by atoms with Gasteiger partial charge in [0.15, 0.2) is 6.61 Å². The first kappa shape index (κ1) is 12.3. The molecule has 1 aromatic carbocycles. The van der Waals surface area contributed by atoms with Gasteiger partial charge in [0, 0.05) is 17.2 Å². The lowest BCUT2D eigenvalue weighted by Crippen LogP contribution is -2.20. The number of nitrogen functional groups attached to an aromatic ring is 1. The molecule has 18 heavy (non-hydrogen) atoms. The van der Waals surface area contributed by atoms with Gasteiger partial charge >= 0.3 is 0 Å². The van der Waals surface area contributed by atoms with E-state index in [1.54, 1.807) is 31.2 Å². The third-order valence-electron chi connectivity index (χ3n) is 2.02. The van der Waals surface area contributed by atoms with Gasteiger partial charge in [0.25, 0.3) is 5.91 Å². The van der Waals surface area contributed by atoms with Crippen LogP contribution in [0.15, 0.2) is 24.3 Å². The van der Waals surface area contributed by atoms with Gasteiger partial charge in [0.2, 0.25) is 5.13 Å². The lowest BCUT2D eigenvalue weighted by Gasteiger charge is -2.05. The first-order chi connectivity index (χ1) is 8.63. The Bertz CT molecular complexity index is 538. The van der Waals surface area contributed by atoms with Crippen molar-refractivity contribution in [3.8, 4) is 5.75 Å². The van der Waals surface area contributed by atoms with E-state index in [9.17, 15) is 4.79 Å². The lowest BCUT2D eigenvalue weighted by molar-refractivity contribution is -0.118. The number of benzene rings is 1. The topological polar surface area (TPSA) is 90.1 Å². The molecule has 0 atom stereocenters. The van der Waals surface area contributed by atoms with E-state index in [1.807, 2.05) is 0 Å². The van der Waals surface area contributed by atoms with E-state index in [2.05, 4.69) is 14.7 Å². The number of hydrogen-bond acceptors (Lipinski definition) is 6. The monoisotopic (exact) mass is 264 g/mol. The van der Waals surface area contributed by atoms with E-state index in [0.717, 1.165) is 11.5 Å². The highest BCUT2D eigenvalue weighted by atomic mass is 32.1. The molecule has 2 aromatic rings. The van der Waals surface area contributed by atoms with Crippen molar-refractivity contribution in [2.45, 2.75) is 6.92 Å². The predicted octanol–water partition coefficient (Wildman–Crippen LogP) is 1.45. The van der Waals surface area contributed by atoms with Crippen molar-refractivity contribution in [3.63, 3.8) is 0 Å². The summed E-state index contributed by atoms with van der Waals surface area (Å²) in [5.41, 5.74) is 6.19. The number of carbonyl (C=O) groups is 1. The molecule has 0 radical (unpaired) electrons. The minimum absolute atomic E-state index is 0.0808. The average molecular weight is 264 g/mol. The van der Waals surface area contributed by atoms with E-state index in [4.69, 9.17) is 10.5 Å². The zero-order valence-corrected chi connectivity index (χ0v) is 10.5. The van der Waals surface area contributed by atoms with Crippen LogP contribution in [0.5, 0.6) is 5.75 Å². The van der Waals surface area contributed by atoms with Crippen LogP contribution in [0.2, 0.25) is 0 Å². The molecule has 0 saturated heterocycles. The Morgan fingerprint density at radius 2 is 2.17 bits per heavy atom. The molecule has 7 heteroatoms. The molecule has 0 fully saturated rings. The van der Waals surface area contributed by atoms with E-state index in [0.29, 0.717) is 22.4 Å². The van der Waals surface area contributed by atoms with Gasteiger partial charge in [-0.3, -0.25) is 10.1 Å². The molecular weight excluding hydrogens is 252 g/mol. The highest BCUT2D eigenvalue weighted by molar-refractivity contribution is 7.09. The summed E-state index contributed by atoms with van der Waals surface area (Å²) < 4.78 is 9.25. The molecular formula is C11H12N4O2S. The quantitative estimate of drug-likeness (QED) is 0.816. The van der Waals surface area contributed by atoms with Gasteiger partial charge in [-0.2, -0.15) is 4.37 Å². The van der Waals surface area contributed by atoms with Crippen LogP contribution in [0.4, 0.5) is 10.8 Å². The third kappa shape index (κ3) is 3.42. The van der Waals surface area contributed by atoms with Gasteiger partial charge in [-0.15, -0.1) is 0 Å². The highest BCUT2D eigenvalue weighted by Crippen LogP contribution is 2.13. The van der Waals surface area contributed by atoms with Gasteiger partial charge in [0.05, 0.1) is 0 Å². The molecule has 94 valence electrons. The van der Waals surface area contributed by atoms with Crippen molar-refractivity contribution in [3.05, 3.63) is 30.1 Å². The lowest BCUT2D eigenvalue weighted by atomic mass is 10.3. The normalized spacial score (nSPS) is 10.1. The number of anilines is 2. The number of nitrogens with one attached hydrogen (secondary N) is 1. The summed E-state index contributed by atoms with van der Waals surface area (Å²) in [5.74, 6) is 0.950.